The second-order valence-electron chi connectivity index (χ2n) is 8.21. The summed E-state index contributed by atoms with van der Waals surface area (Å²) in [6.45, 7) is 1.56. The number of nitrogens with zero attached hydrogens (tertiary/aromatic N) is 4. The molecular formula is C21H29N5O4S. The van der Waals surface area contributed by atoms with E-state index in [1.807, 2.05) is 0 Å². The summed E-state index contributed by atoms with van der Waals surface area (Å²) in [5, 5.41) is 7.04. The molecule has 0 radical (unpaired) electrons. The van der Waals surface area contributed by atoms with Crippen molar-refractivity contribution in [2.45, 2.75) is 69.4 Å². The fourth-order valence-electron chi connectivity index (χ4n) is 4.21. The predicted molar refractivity (Wildman–Crippen MR) is 116 cm³/mol. The summed E-state index contributed by atoms with van der Waals surface area (Å²) in [6.07, 6.45) is 7.63. The number of aryl methyl sites for hydroxylation is 1. The molecule has 168 valence electrons. The smallest absolute Gasteiger partial charge is 0.324 e. The first-order chi connectivity index (χ1) is 14.9. The molecule has 1 amide bonds. The van der Waals surface area contributed by atoms with E-state index in [1.54, 1.807) is 21.0 Å². The first-order valence-corrected chi connectivity index (χ1v) is 12.5. The molecule has 0 bridgehead atoms. The van der Waals surface area contributed by atoms with Crippen molar-refractivity contribution >= 4 is 21.6 Å². The van der Waals surface area contributed by atoms with Gasteiger partial charge in [-0.05, 0) is 49.9 Å². The van der Waals surface area contributed by atoms with Crippen molar-refractivity contribution in [3.05, 3.63) is 40.6 Å². The van der Waals surface area contributed by atoms with E-state index in [1.165, 1.54) is 16.8 Å². The number of sulfonamides is 1. The molecular weight excluding hydrogens is 418 g/mol. The largest absolute Gasteiger partial charge is 0.346 e. The number of hydrogen-bond donors (Lipinski definition) is 1. The van der Waals surface area contributed by atoms with Gasteiger partial charge in [0.15, 0.2) is 0 Å². The maximum absolute atomic E-state index is 12.9. The first kappa shape index (κ1) is 21.8. The third-order valence-corrected chi connectivity index (χ3v) is 7.83. The number of nitrogens with one attached hydrogen (secondary N) is 1. The quantitative estimate of drug-likeness (QED) is 0.754. The Hall–Kier alpha value is -2.46. The van der Waals surface area contributed by atoms with Crippen LogP contribution in [0, 0.1) is 0 Å². The number of hydrogen-bond acceptors (Lipinski definition) is 5. The lowest BCUT2D eigenvalue weighted by atomic mass is 10.2. The van der Waals surface area contributed by atoms with Crippen LogP contribution in [0.4, 0.5) is 5.69 Å². The highest BCUT2D eigenvalue weighted by Gasteiger charge is 2.25. The Morgan fingerprint density at radius 2 is 1.58 bits per heavy atom. The Morgan fingerprint density at radius 1 is 0.935 bits per heavy atom. The van der Waals surface area contributed by atoms with E-state index in [0.29, 0.717) is 25.3 Å². The van der Waals surface area contributed by atoms with Gasteiger partial charge in [-0.3, -0.25) is 9.36 Å². The van der Waals surface area contributed by atoms with Crippen LogP contribution in [-0.2, 0) is 34.3 Å². The zero-order chi connectivity index (χ0) is 21.8. The van der Waals surface area contributed by atoms with Crippen molar-refractivity contribution in [2.24, 2.45) is 0 Å². The third-order valence-electron chi connectivity index (χ3n) is 5.92. The van der Waals surface area contributed by atoms with Crippen LogP contribution < -0.4 is 11.0 Å². The van der Waals surface area contributed by atoms with Crippen molar-refractivity contribution in [1.29, 1.82) is 0 Å². The molecule has 0 saturated carbocycles. The summed E-state index contributed by atoms with van der Waals surface area (Å²) >= 11 is 0. The number of rotatable bonds is 5. The predicted octanol–water partition coefficient (Wildman–Crippen LogP) is 1.97. The van der Waals surface area contributed by atoms with Crippen LogP contribution in [0.2, 0.25) is 0 Å². The average Bonchev–Trinajstić information content (AvgIpc) is 3.03. The molecule has 0 aliphatic carbocycles. The van der Waals surface area contributed by atoms with Gasteiger partial charge in [0.25, 0.3) is 0 Å². The Bertz CT molecular complexity index is 1080. The van der Waals surface area contributed by atoms with Gasteiger partial charge < -0.3 is 5.32 Å². The van der Waals surface area contributed by atoms with E-state index in [-0.39, 0.29) is 23.0 Å². The second-order valence-corrected chi connectivity index (χ2v) is 10.1. The highest BCUT2D eigenvalue weighted by atomic mass is 32.2. The number of benzene rings is 1. The van der Waals surface area contributed by atoms with Crippen LogP contribution in [0.1, 0.15) is 50.8 Å². The Kier molecular flexibility index (Phi) is 6.57. The van der Waals surface area contributed by atoms with Gasteiger partial charge in [-0.15, -0.1) is 0 Å². The Labute approximate surface area is 182 Å². The molecule has 1 saturated heterocycles. The monoisotopic (exact) mass is 447 g/mol. The van der Waals surface area contributed by atoms with Gasteiger partial charge in [-0.25, -0.2) is 17.9 Å². The highest BCUT2D eigenvalue weighted by molar-refractivity contribution is 7.89. The van der Waals surface area contributed by atoms with Crippen LogP contribution in [0.25, 0.3) is 0 Å². The van der Waals surface area contributed by atoms with Gasteiger partial charge in [-0.2, -0.15) is 9.40 Å². The Balaban J connectivity index is 1.41. The van der Waals surface area contributed by atoms with E-state index in [9.17, 15) is 18.0 Å². The van der Waals surface area contributed by atoms with Gasteiger partial charge >= 0.3 is 5.69 Å². The summed E-state index contributed by atoms with van der Waals surface area (Å²) in [6, 6.07) is 6.18. The van der Waals surface area contributed by atoms with E-state index in [4.69, 9.17) is 0 Å². The highest BCUT2D eigenvalue weighted by Crippen LogP contribution is 2.22. The van der Waals surface area contributed by atoms with E-state index >= 15 is 0 Å². The lowest BCUT2D eigenvalue weighted by Crippen LogP contribution is -2.32. The van der Waals surface area contributed by atoms with Crippen molar-refractivity contribution < 1.29 is 13.2 Å². The average molecular weight is 448 g/mol. The molecule has 0 spiro atoms. The van der Waals surface area contributed by atoms with Crippen molar-refractivity contribution in [3.8, 4) is 0 Å². The minimum absolute atomic E-state index is 0.174. The number of carbonyl (C=O) groups is 1. The van der Waals surface area contributed by atoms with E-state index < -0.39 is 10.0 Å². The molecule has 0 unspecified atom stereocenters. The lowest BCUT2D eigenvalue weighted by Gasteiger charge is -2.20. The van der Waals surface area contributed by atoms with Gasteiger partial charge in [0.1, 0.15) is 12.4 Å². The molecule has 1 N–H and O–H groups in total. The molecule has 1 aromatic heterocycles. The molecule has 9 nitrogen and oxygen atoms in total. The number of aromatic nitrogens is 3. The standard InChI is InChI=1S/C21H29N5O4S/c27-20(16-26-21(28)25-15-7-3-4-8-19(25)23-26)22-17-9-11-18(12-10-17)31(29,30)24-13-5-1-2-6-14-24/h9-12H,1-8,13-16H2,(H,22,27). The summed E-state index contributed by atoms with van der Waals surface area (Å²) in [5.74, 6) is 0.358. The molecule has 2 aromatic rings. The second kappa shape index (κ2) is 9.35. The van der Waals surface area contributed by atoms with E-state index in [0.717, 1.165) is 57.2 Å². The summed E-state index contributed by atoms with van der Waals surface area (Å²) < 4.78 is 30.1. The lowest BCUT2D eigenvalue weighted by molar-refractivity contribution is -0.117. The van der Waals surface area contributed by atoms with Crippen molar-refractivity contribution in [3.63, 3.8) is 0 Å². The van der Waals surface area contributed by atoms with Gasteiger partial charge in [-0.1, -0.05) is 19.3 Å². The molecule has 0 atom stereocenters. The topological polar surface area (TPSA) is 106 Å². The Morgan fingerprint density at radius 3 is 2.29 bits per heavy atom. The summed E-state index contributed by atoms with van der Waals surface area (Å²) in [5.41, 5.74) is 0.222. The molecule has 2 aliphatic rings. The van der Waals surface area contributed by atoms with E-state index in [2.05, 4.69) is 10.4 Å². The number of anilines is 1. The molecule has 31 heavy (non-hydrogen) atoms. The number of fused-ring (bicyclic) bond motifs is 1. The third kappa shape index (κ3) is 4.90. The maximum Gasteiger partial charge on any atom is 0.346 e. The zero-order valence-corrected chi connectivity index (χ0v) is 18.4. The summed E-state index contributed by atoms with van der Waals surface area (Å²) in [4.78, 5) is 25.2. The zero-order valence-electron chi connectivity index (χ0n) is 17.6. The maximum atomic E-state index is 12.9. The molecule has 1 fully saturated rings. The van der Waals surface area contributed by atoms with Crippen LogP contribution in [-0.4, -0.2) is 46.1 Å². The minimum Gasteiger partial charge on any atom is -0.324 e. The fourth-order valence-corrected chi connectivity index (χ4v) is 5.72. The molecule has 3 heterocycles. The van der Waals surface area contributed by atoms with Gasteiger partial charge in [0, 0.05) is 31.7 Å². The van der Waals surface area contributed by atoms with Crippen molar-refractivity contribution in [2.75, 3.05) is 18.4 Å². The first-order valence-electron chi connectivity index (χ1n) is 11.0. The van der Waals surface area contributed by atoms with Crippen LogP contribution in [0.15, 0.2) is 34.0 Å². The molecule has 2 aliphatic heterocycles. The number of carbonyl (C=O) groups excluding carboxylic acids is 1. The normalized spacial score (nSPS) is 18.1. The fraction of sp³-hybridized carbons (Fsp3) is 0.571. The van der Waals surface area contributed by atoms with Gasteiger partial charge in [0.2, 0.25) is 15.9 Å². The SMILES string of the molecule is O=C(Cn1nc2n(c1=O)CCCCC2)Nc1ccc(S(=O)(=O)N2CCCCCC2)cc1. The summed E-state index contributed by atoms with van der Waals surface area (Å²) in [7, 11) is -3.53. The molecule has 10 heteroatoms. The van der Waals surface area contributed by atoms with Crippen LogP contribution in [0.3, 0.4) is 0 Å². The van der Waals surface area contributed by atoms with Gasteiger partial charge in [0.05, 0.1) is 4.90 Å². The van der Waals surface area contributed by atoms with Crippen molar-refractivity contribution in [1.82, 2.24) is 18.7 Å². The minimum atomic E-state index is -3.53. The number of amides is 1. The van der Waals surface area contributed by atoms with Crippen LogP contribution in [0.5, 0.6) is 0 Å². The molecule has 4 rings (SSSR count). The van der Waals surface area contributed by atoms with Crippen LogP contribution >= 0.6 is 0 Å². The molecule has 1 aromatic carbocycles.